The number of halogens is 1. The zero-order valence-corrected chi connectivity index (χ0v) is 13.7. The van der Waals surface area contributed by atoms with Gasteiger partial charge in [-0.25, -0.2) is 0 Å². The van der Waals surface area contributed by atoms with Gasteiger partial charge in [0.2, 0.25) is 5.91 Å². The smallest absolute Gasteiger partial charge is 0.291 e. The van der Waals surface area contributed by atoms with Gasteiger partial charge in [0.1, 0.15) is 0 Å². The van der Waals surface area contributed by atoms with Gasteiger partial charge in [0, 0.05) is 11.6 Å². The number of hydrogen-bond acceptors (Lipinski definition) is 4. The predicted octanol–water partition coefficient (Wildman–Crippen LogP) is 3.12. The maximum absolute atomic E-state index is 12.4. The van der Waals surface area contributed by atoms with Gasteiger partial charge in [-0.3, -0.25) is 9.59 Å². The van der Waals surface area contributed by atoms with Crippen LogP contribution < -0.4 is 16.0 Å². The third-order valence-corrected chi connectivity index (χ3v) is 4.14. The Morgan fingerprint density at radius 3 is 2.79 bits per heavy atom. The minimum Gasteiger partial charge on any atom is -0.459 e. The first-order chi connectivity index (χ1) is 11.6. The normalized spacial score (nSPS) is 17.3. The molecule has 1 fully saturated rings. The van der Waals surface area contributed by atoms with Gasteiger partial charge >= 0.3 is 0 Å². The number of carbonyl (C=O) groups excluding carboxylic acids is 2. The van der Waals surface area contributed by atoms with Gasteiger partial charge in [-0.1, -0.05) is 11.6 Å². The average molecular weight is 348 g/mol. The second-order valence-electron chi connectivity index (χ2n) is 5.65. The van der Waals surface area contributed by atoms with Crippen molar-refractivity contribution < 1.29 is 14.0 Å². The SMILES string of the molecule is O=C(Nc1cc(Cl)ccc1NC(=O)C1CCCNC1)c1ccco1. The van der Waals surface area contributed by atoms with Crippen LogP contribution in [0.15, 0.2) is 41.0 Å². The first-order valence-electron chi connectivity index (χ1n) is 7.79. The fraction of sp³-hybridized carbons (Fsp3) is 0.294. The summed E-state index contributed by atoms with van der Waals surface area (Å²) < 4.78 is 5.07. The number of nitrogens with one attached hydrogen (secondary N) is 3. The third kappa shape index (κ3) is 3.96. The van der Waals surface area contributed by atoms with Crippen molar-refractivity contribution in [1.29, 1.82) is 0 Å². The summed E-state index contributed by atoms with van der Waals surface area (Å²) in [6.07, 6.45) is 3.24. The molecule has 1 atom stereocenters. The Balaban J connectivity index is 1.75. The van der Waals surface area contributed by atoms with E-state index in [9.17, 15) is 9.59 Å². The van der Waals surface area contributed by atoms with Crippen LogP contribution in [0.3, 0.4) is 0 Å². The van der Waals surface area contributed by atoms with Crippen molar-refractivity contribution in [2.24, 2.45) is 5.92 Å². The molecule has 1 unspecified atom stereocenters. The van der Waals surface area contributed by atoms with E-state index in [1.165, 1.54) is 6.26 Å². The molecule has 1 aliphatic heterocycles. The largest absolute Gasteiger partial charge is 0.459 e. The summed E-state index contributed by atoms with van der Waals surface area (Å²) in [5.74, 6) is -0.373. The standard InChI is InChI=1S/C17H18ClN3O3/c18-12-5-6-13(20-16(22)11-3-1-7-19-10-11)14(9-12)21-17(23)15-4-2-8-24-15/h2,4-6,8-9,11,19H,1,3,7,10H2,(H,20,22)(H,21,23). The van der Waals surface area contributed by atoms with E-state index in [4.69, 9.17) is 16.0 Å². The Labute approximate surface area is 144 Å². The van der Waals surface area contributed by atoms with E-state index in [-0.39, 0.29) is 17.6 Å². The first-order valence-corrected chi connectivity index (χ1v) is 8.17. The highest BCUT2D eigenvalue weighted by Crippen LogP contribution is 2.27. The van der Waals surface area contributed by atoms with Crippen molar-refractivity contribution >= 4 is 34.8 Å². The van der Waals surface area contributed by atoms with Crippen LogP contribution >= 0.6 is 11.6 Å². The molecular formula is C17H18ClN3O3. The molecule has 1 saturated heterocycles. The summed E-state index contributed by atoms with van der Waals surface area (Å²) in [5.41, 5.74) is 0.941. The Bertz CT molecular complexity index is 725. The minimum absolute atomic E-state index is 0.0713. The van der Waals surface area contributed by atoms with Gasteiger partial charge in [-0.15, -0.1) is 0 Å². The van der Waals surface area contributed by atoms with Gasteiger partial charge < -0.3 is 20.4 Å². The number of amides is 2. The van der Waals surface area contributed by atoms with Gasteiger partial charge in [0.15, 0.2) is 5.76 Å². The van der Waals surface area contributed by atoms with Crippen molar-refractivity contribution in [2.75, 3.05) is 23.7 Å². The molecule has 126 valence electrons. The molecule has 1 aromatic carbocycles. The number of furan rings is 1. The highest BCUT2D eigenvalue weighted by Gasteiger charge is 2.22. The quantitative estimate of drug-likeness (QED) is 0.793. The topological polar surface area (TPSA) is 83.4 Å². The number of carbonyl (C=O) groups is 2. The van der Waals surface area contributed by atoms with E-state index >= 15 is 0 Å². The molecule has 2 amide bonds. The predicted molar refractivity (Wildman–Crippen MR) is 92.3 cm³/mol. The first kappa shape index (κ1) is 16.5. The molecule has 2 heterocycles. The molecule has 0 bridgehead atoms. The van der Waals surface area contributed by atoms with Crippen LogP contribution in [0.1, 0.15) is 23.4 Å². The molecule has 0 aliphatic carbocycles. The molecule has 6 nitrogen and oxygen atoms in total. The zero-order chi connectivity index (χ0) is 16.9. The van der Waals surface area contributed by atoms with Crippen molar-refractivity contribution in [3.8, 4) is 0 Å². The number of rotatable bonds is 4. The Morgan fingerprint density at radius 1 is 1.21 bits per heavy atom. The molecule has 0 spiro atoms. The van der Waals surface area contributed by atoms with Crippen molar-refractivity contribution in [2.45, 2.75) is 12.8 Å². The van der Waals surface area contributed by atoms with E-state index in [1.807, 2.05) is 0 Å². The second kappa shape index (κ2) is 7.51. The van der Waals surface area contributed by atoms with Gasteiger partial charge in [-0.2, -0.15) is 0 Å². The van der Waals surface area contributed by atoms with Crippen LogP contribution in [0.25, 0.3) is 0 Å². The molecule has 0 saturated carbocycles. The molecule has 3 N–H and O–H groups in total. The van der Waals surface area contributed by atoms with E-state index in [1.54, 1.807) is 30.3 Å². The Hall–Kier alpha value is -2.31. The van der Waals surface area contributed by atoms with E-state index in [0.717, 1.165) is 19.4 Å². The fourth-order valence-electron chi connectivity index (χ4n) is 2.63. The summed E-state index contributed by atoms with van der Waals surface area (Å²) in [4.78, 5) is 24.6. The molecule has 1 aliphatic rings. The highest BCUT2D eigenvalue weighted by atomic mass is 35.5. The third-order valence-electron chi connectivity index (χ3n) is 3.90. The van der Waals surface area contributed by atoms with E-state index < -0.39 is 5.91 Å². The van der Waals surface area contributed by atoms with Crippen LogP contribution in [0.4, 0.5) is 11.4 Å². The summed E-state index contributed by atoms with van der Waals surface area (Å²) >= 11 is 6.01. The summed E-state index contributed by atoms with van der Waals surface area (Å²) in [6, 6.07) is 8.13. The van der Waals surface area contributed by atoms with Crippen molar-refractivity contribution in [3.05, 3.63) is 47.4 Å². The van der Waals surface area contributed by atoms with Crippen LogP contribution in [0, 0.1) is 5.92 Å². The maximum Gasteiger partial charge on any atom is 0.291 e. The van der Waals surface area contributed by atoms with Crippen LogP contribution in [0.2, 0.25) is 5.02 Å². The zero-order valence-electron chi connectivity index (χ0n) is 13.0. The van der Waals surface area contributed by atoms with Gasteiger partial charge in [0.05, 0.1) is 23.6 Å². The second-order valence-corrected chi connectivity index (χ2v) is 6.09. The maximum atomic E-state index is 12.4. The lowest BCUT2D eigenvalue weighted by Crippen LogP contribution is -2.37. The summed E-state index contributed by atoms with van der Waals surface area (Å²) in [5, 5.41) is 9.26. The van der Waals surface area contributed by atoms with Crippen molar-refractivity contribution in [1.82, 2.24) is 5.32 Å². The van der Waals surface area contributed by atoms with Crippen LogP contribution in [0.5, 0.6) is 0 Å². The number of hydrogen-bond donors (Lipinski definition) is 3. The summed E-state index contributed by atoms with van der Waals surface area (Å²) in [6.45, 7) is 1.60. The lowest BCUT2D eigenvalue weighted by molar-refractivity contribution is -0.120. The summed E-state index contributed by atoms with van der Waals surface area (Å²) in [7, 11) is 0. The number of anilines is 2. The van der Waals surface area contributed by atoms with E-state index in [2.05, 4.69) is 16.0 Å². The van der Waals surface area contributed by atoms with Gasteiger partial charge in [0.25, 0.3) is 5.91 Å². The number of benzene rings is 1. The Morgan fingerprint density at radius 2 is 2.08 bits per heavy atom. The molecular weight excluding hydrogens is 330 g/mol. The lowest BCUT2D eigenvalue weighted by Gasteiger charge is -2.22. The Kier molecular flexibility index (Phi) is 5.17. The molecule has 2 aromatic rings. The molecule has 24 heavy (non-hydrogen) atoms. The van der Waals surface area contributed by atoms with E-state index in [0.29, 0.717) is 22.9 Å². The van der Waals surface area contributed by atoms with Crippen LogP contribution in [-0.4, -0.2) is 24.9 Å². The van der Waals surface area contributed by atoms with Crippen molar-refractivity contribution in [3.63, 3.8) is 0 Å². The minimum atomic E-state index is -0.405. The molecule has 1 aromatic heterocycles. The monoisotopic (exact) mass is 347 g/mol. The molecule has 0 radical (unpaired) electrons. The molecule has 3 rings (SSSR count). The molecule has 7 heteroatoms. The lowest BCUT2D eigenvalue weighted by atomic mass is 9.99. The number of piperidine rings is 1. The van der Waals surface area contributed by atoms with Crippen LogP contribution in [-0.2, 0) is 4.79 Å². The average Bonchev–Trinajstić information content (AvgIpc) is 3.13. The fourth-order valence-corrected chi connectivity index (χ4v) is 2.80. The van der Waals surface area contributed by atoms with Gasteiger partial charge in [-0.05, 0) is 49.7 Å². The highest BCUT2D eigenvalue weighted by molar-refractivity contribution is 6.31.